The van der Waals surface area contributed by atoms with Gasteiger partial charge in [-0.15, -0.1) is 0 Å². The van der Waals surface area contributed by atoms with E-state index in [1.54, 1.807) is 61.7 Å². The zero-order chi connectivity index (χ0) is 22.5. The fourth-order valence-corrected chi connectivity index (χ4v) is 3.10. The quantitative estimate of drug-likeness (QED) is 0.403. The summed E-state index contributed by atoms with van der Waals surface area (Å²) in [6.07, 6.45) is 6.74. The fraction of sp³-hybridized carbons (Fsp3) is 0.0833. The predicted octanol–water partition coefficient (Wildman–Crippen LogP) is 5.38. The highest BCUT2D eigenvalue weighted by molar-refractivity contribution is 6.30. The molecular weight excluding hydrogens is 426 g/mol. The molecule has 0 atom stereocenters. The number of rotatable bonds is 6. The van der Waals surface area contributed by atoms with Crippen LogP contribution >= 0.6 is 11.6 Å². The molecule has 32 heavy (non-hydrogen) atoms. The van der Waals surface area contributed by atoms with Gasteiger partial charge in [0.1, 0.15) is 23.2 Å². The number of hydrogen-bond donors (Lipinski definition) is 1. The van der Waals surface area contributed by atoms with E-state index in [9.17, 15) is 4.79 Å². The number of nitrogens with zero attached hydrogens (tertiary/aromatic N) is 4. The maximum absolute atomic E-state index is 12.2. The van der Waals surface area contributed by atoms with Gasteiger partial charge in [-0.05, 0) is 61.9 Å². The van der Waals surface area contributed by atoms with Crippen LogP contribution in [0.25, 0.3) is 11.9 Å². The highest BCUT2D eigenvalue weighted by Crippen LogP contribution is 2.23. The zero-order valence-corrected chi connectivity index (χ0v) is 18.2. The van der Waals surface area contributed by atoms with Crippen LogP contribution in [0.4, 0.5) is 5.69 Å². The van der Waals surface area contributed by atoms with E-state index in [1.807, 2.05) is 29.8 Å². The van der Waals surface area contributed by atoms with Crippen molar-refractivity contribution >= 4 is 29.3 Å². The molecule has 1 amide bonds. The third kappa shape index (κ3) is 5.39. The lowest BCUT2D eigenvalue weighted by Crippen LogP contribution is -2.07. The summed E-state index contributed by atoms with van der Waals surface area (Å²) in [5.41, 5.74) is 1.54. The molecular formula is C24H20ClN5O2. The van der Waals surface area contributed by atoms with Gasteiger partial charge in [0.2, 0.25) is 11.8 Å². The van der Waals surface area contributed by atoms with E-state index in [4.69, 9.17) is 16.3 Å². The Labute approximate surface area is 190 Å². The van der Waals surface area contributed by atoms with Gasteiger partial charge in [-0.25, -0.2) is 9.97 Å². The average molecular weight is 446 g/mol. The zero-order valence-electron chi connectivity index (χ0n) is 17.5. The van der Waals surface area contributed by atoms with Crippen molar-refractivity contribution in [3.8, 4) is 17.4 Å². The Hall–Kier alpha value is -3.97. The largest absolute Gasteiger partial charge is 0.439 e. The molecule has 4 rings (SSSR count). The fourth-order valence-electron chi connectivity index (χ4n) is 2.98. The summed E-state index contributed by atoms with van der Waals surface area (Å²) in [4.78, 5) is 25.2. The number of hydrogen-bond acceptors (Lipinski definition) is 5. The molecule has 0 unspecified atom stereocenters. The second kappa shape index (κ2) is 9.45. The van der Waals surface area contributed by atoms with Crippen molar-refractivity contribution in [1.29, 1.82) is 0 Å². The van der Waals surface area contributed by atoms with Crippen molar-refractivity contribution in [2.45, 2.75) is 13.8 Å². The summed E-state index contributed by atoms with van der Waals surface area (Å²) in [6.45, 7) is 3.70. The number of halogens is 1. The van der Waals surface area contributed by atoms with Gasteiger partial charge in [-0.2, -0.15) is 4.98 Å². The number of carbonyl (C=O) groups is 1. The number of ether oxygens (including phenoxy) is 1. The number of nitrogens with one attached hydrogen (secondary N) is 1. The van der Waals surface area contributed by atoms with Crippen LogP contribution in [0, 0.1) is 13.8 Å². The number of carbonyl (C=O) groups excluding carboxylic acids is 1. The lowest BCUT2D eigenvalue weighted by molar-refractivity contribution is -0.111. The maximum atomic E-state index is 12.2. The molecule has 0 saturated heterocycles. The standard InChI is InChI=1S/C24H20ClN5O2/c1-16-27-22(30-14-13-26-17(30)2)15-24(28-16)32-21-10-8-20(9-11-21)29-23(31)12-5-18-3-6-19(25)7-4-18/h3-15H,1-2H3,(H,29,31)/b12-5+. The van der Waals surface area contributed by atoms with Crippen LogP contribution in [-0.2, 0) is 4.79 Å². The number of aromatic nitrogens is 4. The van der Waals surface area contributed by atoms with E-state index in [0.717, 1.165) is 11.4 Å². The molecule has 2 aromatic heterocycles. The summed E-state index contributed by atoms with van der Waals surface area (Å²) in [5.74, 6) is 2.86. The molecule has 1 N–H and O–H groups in total. The summed E-state index contributed by atoms with van der Waals surface area (Å²) >= 11 is 5.87. The Morgan fingerprint density at radius 2 is 1.81 bits per heavy atom. The second-order valence-corrected chi connectivity index (χ2v) is 7.39. The lowest BCUT2D eigenvalue weighted by atomic mass is 10.2. The van der Waals surface area contributed by atoms with Crippen LogP contribution in [0.15, 0.2) is 73.1 Å². The van der Waals surface area contributed by atoms with Crippen molar-refractivity contribution < 1.29 is 9.53 Å². The van der Waals surface area contributed by atoms with Crippen LogP contribution in [-0.4, -0.2) is 25.4 Å². The Morgan fingerprint density at radius 1 is 1.06 bits per heavy atom. The van der Waals surface area contributed by atoms with Gasteiger partial charge in [-0.3, -0.25) is 9.36 Å². The molecule has 0 bridgehead atoms. The topological polar surface area (TPSA) is 81.9 Å². The number of anilines is 1. The summed E-state index contributed by atoms with van der Waals surface area (Å²) in [7, 11) is 0. The van der Waals surface area contributed by atoms with Crippen molar-refractivity contribution in [3.05, 3.63) is 95.3 Å². The minimum Gasteiger partial charge on any atom is -0.439 e. The molecule has 0 saturated carbocycles. The lowest BCUT2D eigenvalue weighted by Gasteiger charge is -2.10. The molecule has 0 aliphatic heterocycles. The average Bonchev–Trinajstić information content (AvgIpc) is 3.20. The van der Waals surface area contributed by atoms with Gasteiger partial charge in [0.15, 0.2) is 0 Å². The van der Waals surface area contributed by atoms with E-state index >= 15 is 0 Å². The van der Waals surface area contributed by atoms with Crippen molar-refractivity contribution in [1.82, 2.24) is 19.5 Å². The molecule has 160 valence electrons. The molecule has 0 aliphatic carbocycles. The number of amides is 1. The third-order valence-corrected chi connectivity index (χ3v) is 4.77. The Morgan fingerprint density at radius 3 is 2.50 bits per heavy atom. The van der Waals surface area contributed by atoms with Crippen molar-refractivity contribution in [3.63, 3.8) is 0 Å². The third-order valence-electron chi connectivity index (χ3n) is 4.51. The first-order valence-electron chi connectivity index (χ1n) is 9.85. The highest BCUT2D eigenvalue weighted by Gasteiger charge is 2.08. The monoisotopic (exact) mass is 445 g/mol. The number of aryl methyl sites for hydroxylation is 2. The second-order valence-electron chi connectivity index (χ2n) is 6.96. The van der Waals surface area contributed by atoms with Crippen molar-refractivity contribution in [2.24, 2.45) is 0 Å². The summed E-state index contributed by atoms with van der Waals surface area (Å²) in [5, 5.41) is 3.47. The van der Waals surface area contributed by atoms with E-state index in [0.29, 0.717) is 34.0 Å². The molecule has 7 nitrogen and oxygen atoms in total. The van der Waals surface area contributed by atoms with E-state index < -0.39 is 0 Å². The number of imidazole rings is 1. The van der Waals surface area contributed by atoms with Crippen LogP contribution in [0.1, 0.15) is 17.2 Å². The maximum Gasteiger partial charge on any atom is 0.248 e. The molecule has 8 heteroatoms. The predicted molar refractivity (Wildman–Crippen MR) is 124 cm³/mol. The molecule has 2 aromatic carbocycles. The van der Waals surface area contributed by atoms with Gasteiger partial charge in [0.25, 0.3) is 0 Å². The molecule has 0 fully saturated rings. The highest BCUT2D eigenvalue weighted by atomic mass is 35.5. The first kappa shape index (κ1) is 21.3. The van der Waals surface area contributed by atoms with Crippen LogP contribution in [0.2, 0.25) is 5.02 Å². The van der Waals surface area contributed by atoms with Gasteiger partial charge in [-0.1, -0.05) is 23.7 Å². The van der Waals surface area contributed by atoms with Gasteiger partial charge in [0, 0.05) is 35.2 Å². The van der Waals surface area contributed by atoms with Crippen LogP contribution < -0.4 is 10.1 Å². The molecule has 0 aliphatic rings. The van der Waals surface area contributed by atoms with Crippen LogP contribution in [0.3, 0.4) is 0 Å². The first-order chi connectivity index (χ1) is 15.5. The Balaban J connectivity index is 1.41. The van der Waals surface area contributed by atoms with E-state index in [2.05, 4.69) is 20.3 Å². The minimum atomic E-state index is -0.236. The van der Waals surface area contributed by atoms with Crippen molar-refractivity contribution in [2.75, 3.05) is 5.32 Å². The van der Waals surface area contributed by atoms with E-state index in [1.165, 1.54) is 6.08 Å². The molecule has 0 radical (unpaired) electrons. The summed E-state index contributed by atoms with van der Waals surface area (Å²) < 4.78 is 7.75. The van der Waals surface area contributed by atoms with Gasteiger partial charge < -0.3 is 10.1 Å². The van der Waals surface area contributed by atoms with Gasteiger partial charge in [0.05, 0.1) is 0 Å². The molecule has 0 spiro atoms. The Kier molecular flexibility index (Phi) is 6.28. The minimum absolute atomic E-state index is 0.236. The molecule has 2 heterocycles. The van der Waals surface area contributed by atoms with E-state index in [-0.39, 0.29) is 5.91 Å². The van der Waals surface area contributed by atoms with Gasteiger partial charge >= 0.3 is 0 Å². The molecule has 4 aromatic rings. The Bertz CT molecular complexity index is 1260. The number of benzene rings is 2. The smallest absolute Gasteiger partial charge is 0.248 e. The SMILES string of the molecule is Cc1nc(Oc2ccc(NC(=O)/C=C/c3ccc(Cl)cc3)cc2)cc(-n2ccnc2C)n1. The van der Waals surface area contributed by atoms with Crippen LogP contribution in [0.5, 0.6) is 11.6 Å². The normalized spacial score (nSPS) is 11.0. The first-order valence-corrected chi connectivity index (χ1v) is 10.2. The summed E-state index contributed by atoms with van der Waals surface area (Å²) in [6, 6.07) is 16.0.